The van der Waals surface area contributed by atoms with Gasteiger partial charge < -0.3 is 16.0 Å². The van der Waals surface area contributed by atoms with Gasteiger partial charge in [-0.25, -0.2) is 4.99 Å². The quantitative estimate of drug-likeness (QED) is 0.322. The summed E-state index contributed by atoms with van der Waals surface area (Å²) in [6.45, 7) is 6.63. The van der Waals surface area contributed by atoms with Gasteiger partial charge in [0.15, 0.2) is 5.96 Å². The number of amides is 1. The highest BCUT2D eigenvalue weighted by molar-refractivity contribution is 14.0. The molecular weight excluding hydrogens is 447 g/mol. The summed E-state index contributed by atoms with van der Waals surface area (Å²) in [5.41, 5.74) is 1.09. The standard InChI is InChI=1S/C18H28N4OS.HI/c1-3-19-17(22-14-18(2)10-7-11-24-18)21-13-16(23)20-12-15-8-5-4-6-9-15;/h4-6,8-9H,3,7,10-14H2,1-2H3,(H,20,23)(H2,19,21,22);1H. The number of hydrogen-bond acceptors (Lipinski definition) is 3. The van der Waals surface area contributed by atoms with Crippen molar-refractivity contribution in [1.82, 2.24) is 16.0 Å². The minimum Gasteiger partial charge on any atom is -0.357 e. The highest BCUT2D eigenvalue weighted by Crippen LogP contribution is 2.36. The zero-order chi connectivity index (χ0) is 17.3. The smallest absolute Gasteiger partial charge is 0.242 e. The molecule has 0 aliphatic carbocycles. The second kappa shape index (κ2) is 11.6. The SMILES string of the molecule is CCNC(=NCC(=O)NCc1ccccc1)NCC1(C)CCCS1.I. The van der Waals surface area contributed by atoms with Crippen molar-refractivity contribution in [2.75, 3.05) is 25.4 Å². The van der Waals surface area contributed by atoms with Crippen LogP contribution in [0.4, 0.5) is 0 Å². The van der Waals surface area contributed by atoms with E-state index in [9.17, 15) is 4.79 Å². The maximum atomic E-state index is 12.0. The molecule has 2 rings (SSSR count). The minimum absolute atomic E-state index is 0. The van der Waals surface area contributed by atoms with Crippen LogP contribution in [0.15, 0.2) is 35.3 Å². The molecule has 1 unspecified atom stereocenters. The number of thioether (sulfide) groups is 1. The molecule has 3 N–H and O–H groups in total. The van der Waals surface area contributed by atoms with Crippen molar-refractivity contribution in [1.29, 1.82) is 0 Å². The molecule has 1 aromatic carbocycles. The topological polar surface area (TPSA) is 65.5 Å². The number of guanidine groups is 1. The first kappa shape index (κ1) is 22.1. The van der Waals surface area contributed by atoms with Gasteiger partial charge in [-0.2, -0.15) is 11.8 Å². The zero-order valence-electron chi connectivity index (χ0n) is 15.0. The Bertz CT molecular complexity index is 547. The Kier molecular flexibility index (Phi) is 10.3. The summed E-state index contributed by atoms with van der Waals surface area (Å²) in [4.78, 5) is 16.4. The molecular formula is C18H29IN4OS. The van der Waals surface area contributed by atoms with Gasteiger partial charge in [-0.05, 0) is 38.0 Å². The zero-order valence-corrected chi connectivity index (χ0v) is 18.2. The molecule has 0 spiro atoms. The van der Waals surface area contributed by atoms with Gasteiger partial charge in [-0.3, -0.25) is 4.79 Å². The summed E-state index contributed by atoms with van der Waals surface area (Å²) in [7, 11) is 0. The van der Waals surface area contributed by atoms with Gasteiger partial charge in [0.1, 0.15) is 6.54 Å². The molecule has 1 aromatic rings. The third kappa shape index (κ3) is 8.31. The van der Waals surface area contributed by atoms with E-state index in [1.807, 2.05) is 49.0 Å². The number of aliphatic imine (C=N–C) groups is 1. The van der Waals surface area contributed by atoms with Gasteiger partial charge >= 0.3 is 0 Å². The van der Waals surface area contributed by atoms with Crippen LogP contribution in [0, 0.1) is 0 Å². The molecule has 1 aliphatic rings. The van der Waals surface area contributed by atoms with E-state index in [4.69, 9.17) is 0 Å². The number of nitrogens with one attached hydrogen (secondary N) is 3. The first-order chi connectivity index (χ1) is 11.6. The summed E-state index contributed by atoms with van der Waals surface area (Å²) >= 11 is 2.01. The van der Waals surface area contributed by atoms with E-state index in [-0.39, 0.29) is 41.2 Å². The lowest BCUT2D eigenvalue weighted by molar-refractivity contribution is -0.119. The summed E-state index contributed by atoms with van der Waals surface area (Å²) in [6, 6.07) is 9.89. The van der Waals surface area contributed by atoms with Crippen molar-refractivity contribution >= 4 is 47.6 Å². The number of halogens is 1. The molecule has 1 aliphatic heterocycles. The van der Waals surface area contributed by atoms with Gasteiger partial charge in [0.2, 0.25) is 5.91 Å². The monoisotopic (exact) mass is 476 g/mol. The summed E-state index contributed by atoms with van der Waals surface area (Å²) in [6.07, 6.45) is 2.50. The van der Waals surface area contributed by atoms with E-state index in [1.165, 1.54) is 18.6 Å². The van der Waals surface area contributed by atoms with E-state index in [2.05, 4.69) is 27.9 Å². The Morgan fingerprint density at radius 2 is 2.00 bits per heavy atom. The normalized spacial score (nSPS) is 19.8. The molecule has 7 heteroatoms. The van der Waals surface area contributed by atoms with E-state index < -0.39 is 0 Å². The average Bonchev–Trinajstić information content (AvgIpc) is 3.03. The number of rotatable bonds is 7. The molecule has 1 amide bonds. The molecule has 140 valence electrons. The minimum atomic E-state index is -0.0718. The van der Waals surface area contributed by atoms with Gasteiger partial charge in [0, 0.05) is 24.4 Å². The fourth-order valence-electron chi connectivity index (χ4n) is 2.59. The van der Waals surface area contributed by atoms with Crippen LogP contribution in [0.1, 0.15) is 32.3 Å². The second-order valence-corrected chi connectivity index (χ2v) is 7.90. The fraction of sp³-hybridized carbons (Fsp3) is 0.556. The fourth-order valence-corrected chi connectivity index (χ4v) is 3.84. The van der Waals surface area contributed by atoms with E-state index in [0.717, 1.165) is 18.7 Å². The lowest BCUT2D eigenvalue weighted by atomic mass is 10.1. The van der Waals surface area contributed by atoms with E-state index in [1.54, 1.807) is 0 Å². The van der Waals surface area contributed by atoms with Crippen molar-refractivity contribution in [2.45, 2.75) is 38.0 Å². The van der Waals surface area contributed by atoms with E-state index >= 15 is 0 Å². The molecule has 1 fully saturated rings. The van der Waals surface area contributed by atoms with Crippen molar-refractivity contribution in [2.24, 2.45) is 4.99 Å². The maximum Gasteiger partial charge on any atom is 0.242 e. The van der Waals surface area contributed by atoms with Crippen LogP contribution in [0.3, 0.4) is 0 Å². The average molecular weight is 476 g/mol. The Morgan fingerprint density at radius 3 is 2.64 bits per heavy atom. The van der Waals surface area contributed by atoms with Gasteiger partial charge in [0.25, 0.3) is 0 Å². The number of carbonyl (C=O) groups excluding carboxylic acids is 1. The maximum absolute atomic E-state index is 12.0. The van der Waals surface area contributed by atoms with Crippen molar-refractivity contribution in [3.63, 3.8) is 0 Å². The van der Waals surface area contributed by atoms with Gasteiger partial charge in [-0.1, -0.05) is 30.3 Å². The van der Waals surface area contributed by atoms with Crippen LogP contribution in [0.2, 0.25) is 0 Å². The molecule has 5 nitrogen and oxygen atoms in total. The summed E-state index contributed by atoms with van der Waals surface area (Å²) in [5, 5.41) is 9.47. The largest absolute Gasteiger partial charge is 0.357 e. The van der Waals surface area contributed by atoms with Crippen LogP contribution >= 0.6 is 35.7 Å². The van der Waals surface area contributed by atoms with Crippen molar-refractivity contribution in [3.05, 3.63) is 35.9 Å². The predicted molar refractivity (Wildman–Crippen MR) is 118 cm³/mol. The van der Waals surface area contributed by atoms with Crippen LogP contribution in [-0.4, -0.2) is 42.0 Å². The Morgan fingerprint density at radius 1 is 1.24 bits per heavy atom. The van der Waals surface area contributed by atoms with Gasteiger partial charge in [-0.15, -0.1) is 24.0 Å². The predicted octanol–water partition coefficient (Wildman–Crippen LogP) is 2.76. The lowest BCUT2D eigenvalue weighted by Crippen LogP contribution is -2.44. The van der Waals surface area contributed by atoms with Crippen LogP contribution in [0.25, 0.3) is 0 Å². The first-order valence-corrected chi connectivity index (χ1v) is 9.57. The van der Waals surface area contributed by atoms with Crippen molar-refractivity contribution < 1.29 is 4.79 Å². The molecule has 25 heavy (non-hydrogen) atoms. The number of carbonyl (C=O) groups is 1. The molecule has 0 radical (unpaired) electrons. The highest BCUT2D eigenvalue weighted by atomic mass is 127. The van der Waals surface area contributed by atoms with Crippen molar-refractivity contribution in [3.8, 4) is 0 Å². The third-order valence-electron chi connectivity index (χ3n) is 3.99. The lowest BCUT2D eigenvalue weighted by Gasteiger charge is -2.24. The highest BCUT2D eigenvalue weighted by Gasteiger charge is 2.29. The molecule has 0 bridgehead atoms. The molecule has 1 atom stereocenters. The molecule has 1 saturated heterocycles. The third-order valence-corrected chi connectivity index (χ3v) is 5.53. The number of nitrogens with zero attached hydrogens (tertiary/aromatic N) is 1. The summed E-state index contributed by atoms with van der Waals surface area (Å²) < 4.78 is 0.270. The van der Waals surface area contributed by atoms with Gasteiger partial charge in [0.05, 0.1) is 0 Å². The molecule has 0 aromatic heterocycles. The molecule has 1 heterocycles. The second-order valence-electron chi connectivity index (χ2n) is 6.21. The summed E-state index contributed by atoms with van der Waals surface area (Å²) in [5.74, 6) is 1.87. The first-order valence-electron chi connectivity index (χ1n) is 8.58. The van der Waals surface area contributed by atoms with Crippen LogP contribution in [-0.2, 0) is 11.3 Å². The Labute approximate surface area is 172 Å². The molecule has 0 saturated carbocycles. The van der Waals surface area contributed by atoms with Crippen LogP contribution < -0.4 is 16.0 Å². The number of benzene rings is 1. The van der Waals surface area contributed by atoms with Crippen LogP contribution in [0.5, 0.6) is 0 Å². The number of hydrogen-bond donors (Lipinski definition) is 3. The Hall–Kier alpha value is -0.960. The van der Waals surface area contributed by atoms with E-state index in [0.29, 0.717) is 12.5 Å². The Balaban J connectivity index is 0.00000312.